The monoisotopic (exact) mass is 351 g/mol. The Balaban J connectivity index is 1.70. The lowest BCUT2D eigenvalue weighted by atomic mass is 9.99. The van der Waals surface area contributed by atoms with E-state index < -0.39 is 4.92 Å². The Bertz CT molecular complexity index is 565. The van der Waals surface area contributed by atoms with Gasteiger partial charge in [-0.05, 0) is 44.4 Å². The van der Waals surface area contributed by atoms with E-state index in [9.17, 15) is 14.9 Å². The Kier molecular flexibility index (Phi) is 7.05. The van der Waals surface area contributed by atoms with Gasteiger partial charge in [0, 0.05) is 36.2 Å². The van der Waals surface area contributed by atoms with Crippen molar-refractivity contribution in [2.75, 3.05) is 25.4 Å². The van der Waals surface area contributed by atoms with Crippen molar-refractivity contribution in [2.45, 2.75) is 37.6 Å². The van der Waals surface area contributed by atoms with E-state index in [0.717, 1.165) is 23.9 Å². The molecular formula is C17H25N3O3S. The molecule has 2 rings (SSSR count). The number of carbonyl (C=O) groups is 1. The standard InChI is InChI=1S/C17H25N3O3S/c1-13-4-3-9-19(11-13)14(2)10-18-17(21)12-24-16-7-5-15(6-8-16)20(22)23/h5-8,13-14H,3-4,9-12H2,1-2H3,(H,18,21). The van der Waals surface area contributed by atoms with Gasteiger partial charge in [0.1, 0.15) is 0 Å². The molecule has 0 spiro atoms. The number of nitrogens with zero attached hydrogens (tertiary/aromatic N) is 2. The predicted octanol–water partition coefficient (Wildman–Crippen LogP) is 2.92. The molecule has 2 unspecified atom stereocenters. The molecule has 1 amide bonds. The molecule has 1 N–H and O–H groups in total. The van der Waals surface area contributed by atoms with E-state index in [4.69, 9.17) is 0 Å². The maximum absolute atomic E-state index is 12.0. The van der Waals surface area contributed by atoms with Crippen LogP contribution in [0.5, 0.6) is 0 Å². The fourth-order valence-corrected chi connectivity index (χ4v) is 3.61. The first-order valence-electron chi connectivity index (χ1n) is 8.33. The number of hydrogen-bond acceptors (Lipinski definition) is 5. The van der Waals surface area contributed by atoms with E-state index in [0.29, 0.717) is 18.3 Å². The first-order chi connectivity index (χ1) is 11.5. The van der Waals surface area contributed by atoms with Crippen molar-refractivity contribution >= 4 is 23.4 Å². The SMILES string of the molecule is CC1CCCN(C(C)CNC(=O)CSc2ccc([N+](=O)[O-])cc2)C1. The van der Waals surface area contributed by atoms with Gasteiger partial charge in [0.15, 0.2) is 0 Å². The second-order valence-electron chi connectivity index (χ2n) is 6.44. The van der Waals surface area contributed by atoms with Gasteiger partial charge in [-0.25, -0.2) is 0 Å². The summed E-state index contributed by atoms with van der Waals surface area (Å²) in [6.07, 6.45) is 2.52. The quantitative estimate of drug-likeness (QED) is 0.464. The van der Waals surface area contributed by atoms with Crippen LogP contribution in [0.2, 0.25) is 0 Å². The van der Waals surface area contributed by atoms with Crippen molar-refractivity contribution in [1.82, 2.24) is 10.2 Å². The van der Waals surface area contributed by atoms with Crippen LogP contribution in [0.25, 0.3) is 0 Å². The number of benzene rings is 1. The molecule has 1 aromatic rings. The van der Waals surface area contributed by atoms with Gasteiger partial charge in [-0.1, -0.05) is 6.92 Å². The minimum atomic E-state index is -0.427. The highest BCUT2D eigenvalue weighted by Crippen LogP contribution is 2.21. The fourth-order valence-electron chi connectivity index (χ4n) is 2.88. The van der Waals surface area contributed by atoms with Crippen LogP contribution < -0.4 is 5.32 Å². The second kappa shape index (κ2) is 9.03. The Hall–Kier alpha value is -1.60. The molecule has 7 heteroatoms. The molecule has 0 radical (unpaired) electrons. The van der Waals surface area contributed by atoms with Crippen molar-refractivity contribution in [1.29, 1.82) is 0 Å². The zero-order chi connectivity index (χ0) is 17.5. The Morgan fingerprint density at radius 1 is 1.46 bits per heavy atom. The number of carbonyl (C=O) groups excluding carboxylic acids is 1. The zero-order valence-corrected chi connectivity index (χ0v) is 15.1. The number of nitro groups is 1. The van der Waals surface area contributed by atoms with E-state index in [-0.39, 0.29) is 11.6 Å². The number of thioether (sulfide) groups is 1. The van der Waals surface area contributed by atoms with Gasteiger partial charge in [0.25, 0.3) is 5.69 Å². The average Bonchev–Trinajstić information content (AvgIpc) is 2.58. The third-order valence-electron chi connectivity index (χ3n) is 4.32. The molecule has 2 atom stereocenters. The first-order valence-corrected chi connectivity index (χ1v) is 9.32. The average molecular weight is 351 g/mol. The van der Waals surface area contributed by atoms with Crippen molar-refractivity contribution in [3.63, 3.8) is 0 Å². The number of likely N-dealkylation sites (tertiary alicyclic amines) is 1. The van der Waals surface area contributed by atoms with Gasteiger partial charge in [-0.2, -0.15) is 0 Å². The van der Waals surface area contributed by atoms with Crippen LogP contribution in [0, 0.1) is 16.0 Å². The third kappa shape index (κ3) is 5.79. The molecule has 1 heterocycles. The molecular weight excluding hydrogens is 326 g/mol. The van der Waals surface area contributed by atoms with E-state index in [1.54, 1.807) is 12.1 Å². The van der Waals surface area contributed by atoms with E-state index in [2.05, 4.69) is 24.1 Å². The molecule has 24 heavy (non-hydrogen) atoms. The topological polar surface area (TPSA) is 75.5 Å². The van der Waals surface area contributed by atoms with E-state index >= 15 is 0 Å². The van der Waals surface area contributed by atoms with Gasteiger partial charge in [-0.15, -0.1) is 11.8 Å². The summed E-state index contributed by atoms with van der Waals surface area (Å²) in [5.41, 5.74) is 0.0633. The molecule has 132 valence electrons. The van der Waals surface area contributed by atoms with E-state index in [1.165, 1.54) is 36.7 Å². The summed E-state index contributed by atoms with van der Waals surface area (Å²) in [5, 5.41) is 13.6. The molecule has 1 aromatic carbocycles. The Morgan fingerprint density at radius 3 is 2.79 bits per heavy atom. The van der Waals surface area contributed by atoms with Gasteiger partial charge >= 0.3 is 0 Å². The van der Waals surface area contributed by atoms with Gasteiger partial charge in [0.2, 0.25) is 5.91 Å². The second-order valence-corrected chi connectivity index (χ2v) is 7.48. The van der Waals surface area contributed by atoms with Gasteiger partial charge in [-0.3, -0.25) is 19.8 Å². The summed E-state index contributed by atoms with van der Waals surface area (Å²) in [6.45, 7) is 7.31. The van der Waals surface area contributed by atoms with Crippen LogP contribution in [0.4, 0.5) is 5.69 Å². The van der Waals surface area contributed by atoms with Crippen molar-refractivity contribution < 1.29 is 9.72 Å². The lowest BCUT2D eigenvalue weighted by Crippen LogP contribution is -2.46. The highest BCUT2D eigenvalue weighted by Gasteiger charge is 2.21. The predicted molar refractivity (Wildman–Crippen MR) is 96.3 cm³/mol. The summed E-state index contributed by atoms with van der Waals surface area (Å²) in [7, 11) is 0. The van der Waals surface area contributed by atoms with Crippen LogP contribution in [0.1, 0.15) is 26.7 Å². The number of amides is 1. The number of nitrogens with one attached hydrogen (secondary N) is 1. The summed E-state index contributed by atoms with van der Waals surface area (Å²) in [5.74, 6) is 1.05. The smallest absolute Gasteiger partial charge is 0.269 e. The highest BCUT2D eigenvalue weighted by molar-refractivity contribution is 8.00. The molecule has 1 aliphatic rings. The molecule has 0 aliphatic carbocycles. The minimum absolute atomic E-state index is 0.00439. The summed E-state index contributed by atoms with van der Waals surface area (Å²) < 4.78 is 0. The fraction of sp³-hybridized carbons (Fsp3) is 0.588. The number of piperidine rings is 1. The summed E-state index contributed by atoms with van der Waals surface area (Å²) in [6, 6.07) is 6.61. The van der Waals surface area contributed by atoms with Crippen LogP contribution in [-0.4, -0.2) is 47.2 Å². The molecule has 1 fully saturated rings. The molecule has 0 saturated carbocycles. The maximum atomic E-state index is 12.0. The Labute approximate surface area is 147 Å². The summed E-state index contributed by atoms with van der Waals surface area (Å²) >= 11 is 1.39. The third-order valence-corrected chi connectivity index (χ3v) is 5.34. The lowest BCUT2D eigenvalue weighted by molar-refractivity contribution is -0.384. The van der Waals surface area contributed by atoms with Crippen LogP contribution in [0.15, 0.2) is 29.2 Å². The number of non-ortho nitro benzene ring substituents is 1. The molecule has 1 saturated heterocycles. The zero-order valence-electron chi connectivity index (χ0n) is 14.2. The normalized spacial score (nSPS) is 19.7. The van der Waals surface area contributed by atoms with Crippen LogP contribution >= 0.6 is 11.8 Å². The molecule has 0 aromatic heterocycles. The molecule has 6 nitrogen and oxygen atoms in total. The first kappa shape index (κ1) is 18.7. The van der Waals surface area contributed by atoms with Gasteiger partial charge in [0.05, 0.1) is 10.7 Å². The van der Waals surface area contributed by atoms with Crippen LogP contribution in [0.3, 0.4) is 0 Å². The largest absolute Gasteiger partial charge is 0.354 e. The van der Waals surface area contributed by atoms with Crippen molar-refractivity contribution in [2.24, 2.45) is 5.92 Å². The summed E-state index contributed by atoms with van der Waals surface area (Å²) in [4.78, 5) is 25.5. The molecule has 0 bridgehead atoms. The van der Waals surface area contributed by atoms with Crippen molar-refractivity contribution in [3.05, 3.63) is 34.4 Å². The lowest BCUT2D eigenvalue weighted by Gasteiger charge is -2.35. The number of nitro benzene ring substituents is 1. The van der Waals surface area contributed by atoms with Gasteiger partial charge < -0.3 is 5.32 Å². The Morgan fingerprint density at radius 2 is 2.17 bits per heavy atom. The molecule has 1 aliphatic heterocycles. The van der Waals surface area contributed by atoms with E-state index in [1.807, 2.05) is 0 Å². The minimum Gasteiger partial charge on any atom is -0.354 e. The maximum Gasteiger partial charge on any atom is 0.269 e. The number of hydrogen-bond donors (Lipinski definition) is 1. The number of rotatable bonds is 7. The highest BCUT2D eigenvalue weighted by atomic mass is 32.2. The van der Waals surface area contributed by atoms with Crippen molar-refractivity contribution in [3.8, 4) is 0 Å². The van der Waals surface area contributed by atoms with Crippen LogP contribution in [-0.2, 0) is 4.79 Å².